The molecule has 7 nitrogen and oxygen atoms in total. The first-order valence-corrected chi connectivity index (χ1v) is 9.76. The molecule has 144 valence electrons. The van der Waals surface area contributed by atoms with Gasteiger partial charge in [-0.25, -0.2) is 15.0 Å². The van der Waals surface area contributed by atoms with E-state index in [-0.39, 0.29) is 0 Å². The van der Waals surface area contributed by atoms with E-state index in [4.69, 9.17) is 9.47 Å². The number of rotatable bonds is 6. The second-order valence-corrected chi connectivity index (χ2v) is 7.19. The zero-order valence-corrected chi connectivity index (χ0v) is 15.7. The molecule has 0 amide bonds. The summed E-state index contributed by atoms with van der Waals surface area (Å²) in [5.74, 6) is 2.13. The molecular weight excluding hydrogens is 342 g/mol. The molecular formula is C20H27N5O2. The summed E-state index contributed by atoms with van der Waals surface area (Å²) in [5.41, 5.74) is 1.18. The van der Waals surface area contributed by atoms with Crippen molar-refractivity contribution < 1.29 is 9.47 Å². The van der Waals surface area contributed by atoms with E-state index in [1.54, 1.807) is 6.20 Å². The Morgan fingerprint density at radius 2 is 1.78 bits per heavy atom. The van der Waals surface area contributed by atoms with Crippen LogP contribution in [-0.4, -0.2) is 65.9 Å². The minimum atomic E-state index is 0.600. The van der Waals surface area contributed by atoms with Crippen molar-refractivity contribution in [2.75, 3.05) is 50.9 Å². The van der Waals surface area contributed by atoms with Gasteiger partial charge in [0.15, 0.2) is 0 Å². The number of hydrogen-bond donors (Lipinski definition) is 0. The average molecular weight is 369 g/mol. The average Bonchev–Trinajstić information content (AvgIpc) is 2.75. The van der Waals surface area contributed by atoms with E-state index in [0.29, 0.717) is 5.92 Å². The van der Waals surface area contributed by atoms with Crippen LogP contribution in [0.15, 0.2) is 36.8 Å². The first-order valence-electron chi connectivity index (χ1n) is 9.76. The maximum Gasteiger partial charge on any atom is 0.225 e. The van der Waals surface area contributed by atoms with Crippen molar-refractivity contribution in [3.63, 3.8) is 0 Å². The Morgan fingerprint density at radius 1 is 1.00 bits per heavy atom. The standard InChI is InChI=1S/C20H27N5O2/c1-2-6-21-19(3-1)27-16-17-4-7-24(8-5-17)15-18-13-22-20(23-14-18)25-9-11-26-12-10-25/h1-3,6,13-14,17H,4-5,7-12,15-16H2. The Labute approximate surface area is 160 Å². The minimum Gasteiger partial charge on any atom is -0.477 e. The van der Waals surface area contributed by atoms with Crippen LogP contribution in [0, 0.1) is 5.92 Å². The van der Waals surface area contributed by atoms with Crippen LogP contribution in [0.3, 0.4) is 0 Å². The van der Waals surface area contributed by atoms with Crippen LogP contribution < -0.4 is 9.64 Å². The van der Waals surface area contributed by atoms with Crippen LogP contribution in [-0.2, 0) is 11.3 Å². The van der Waals surface area contributed by atoms with Gasteiger partial charge in [0.25, 0.3) is 0 Å². The van der Waals surface area contributed by atoms with Crippen LogP contribution in [0.4, 0.5) is 5.95 Å². The Morgan fingerprint density at radius 3 is 2.48 bits per heavy atom. The molecule has 0 unspecified atom stereocenters. The zero-order chi connectivity index (χ0) is 18.3. The van der Waals surface area contributed by atoms with Gasteiger partial charge in [0.2, 0.25) is 11.8 Å². The molecule has 2 saturated heterocycles. The molecule has 0 bridgehead atoms. The number of aromatic nitrogens is 3. The fourth-order valence-corrected chi connectivity index (χ4v) is 3.56. The molecule has 7 heteroatoms. The second-order valence-electron chi connectivity index (χ2n) is 7.19. The molecule has 2 aromatic rings. The molecule has 0 N–H and O–H groups in total. The molecule has 0 spiro atoms. The van der Waals surface area contributed by atoms with Crippen LogP contribution >= 0.6 is 0 Å². The lowest BCUT2D eigenvalue weighted by Crippen LogP contribution is -2.37. The predicted octanol–water partition coefficient (Wildman–Crippen LogP) is 2.00. The summed E-state index contributed by atoms with van der Waals surface area (Å²) >= 11 is 0. The lowest BCUT2D eigenvalue weighted by atomic mass is 9.97. The topological polar surface area (TPSA) is 63.6 Å². The largest absolute Gasteiger partial charge is 0.477 e. The van der Waals surface area contributed by atoms with Gasteiger partial charge in [-0.3, -0.25) is 4.90 Å². The molecule has 0 aliphatic carbocycles. The number of anilines is 1. The highest BCUT2D eigenvalue weighted by atomic mass is 16.5. The Bertz CT molecular complexity index is 683. The Hall–Kier alpha value is -2.25. The SMILES string of the molecule is c1ccc(OCC2CCN(Cc3cnc(N4CCOCC4)nc3)CC2)nc1. The minimum absolute atomic E-state index is 0.600. The van der Waals surface area contributed by atoms with E-state index in [9.17, 15) is 0 Å². The molecule has 0 saturated carbocycles. The molecule has 27 heavy (non-hydrogen) atoms. The smallest absolute Gasteiger partial charge is 0.225 e. The lowest BCUT2D eigenvalue weighted by Gasteiger charge is -2.31. The highest BCUT2D eigenvalue weighted by molar-refractivity contribution is 5.30. The van der Waals surface area contributed by atoms with Gasteiger partial charge in [0.05, 0.1) is 19.8 Å². The van der Waals surface area contributed by atoms with E-state index < -0.39 is 0 Å². The lowest BCUT2D eigenvalue weighted by molar-refractivity contribution is 0.122. The van der Waals surface area contributed by atoms with E-state index in [2.05, 4.69) is 24.8 Å². The molecule has 4 heterocycles. The van der Waals surface area contributed by atoms with Gasteiger partial charge in [-0.15, -0.1) is 0 Å². The van der Waals surface area contributed by atoms with Gasteiger partial charge in [-0.05, 0) is 37.9 Å². The van der Waals surface area contributed by atoms with Crippen LogP contribution in [0.25, 0.3) is 0 Å². The predicted molar refractivity (Wildman–Crippen MR) is 103 cm³/mol. The molecule has 4 rings (SSSR count). The number of ether oxygens (including phenoxy) is 2. The number of pyridine rings is 1. The Kier molecular flexibility index (Phi) is 6.11. The quantitative estimate of drug-likeness (QED) is 0.772. The van der Waals surface area contributed by atoms with Crippen molar-refractivity contribution in [2.24, 2.45) is 5.92 Å². The third-order valence-corrected chi connectivity index (χ3v) is 5.20. The highest BCUT2D eigenvalue weighted by Gasteiger charge is 2.20. The highest BCUT2D eigenvalue weighted by Crippen LogP contribution is 2.20. The van der Waals surface area contributed by atoms with E-state index in [1.807, 2.05) is 30.6 Å². The van der Waals surface area contributed by atoms with Crippen LogP contribution in [0.1, 0.15) is 18.4 Å². The van der Waals surface area contributed by atoms with Crippen molar-refractivity contribution in [3.8, 4) is 5.88 Å². The van der Waals surface area contributed by atoms with Crippen molar-refractivity contribution in [3.05, 3.63) is 42.4 Å². The van der Waals surface area contributed by atoms with Gasteiger partial charge in [-0.1, -0.05) is 6.07 Å². The van der Waals surface area contributed by atoms with Crippen molar-refractivity contribution in [2.45, 2.75) is 19.4 Å². The van der Waals surface area contributed by atoms with Crippen LogP contribution in [0.2, 0.25) is 0 Å². The van der Waals surface area contributed by atoms with Crippen molar-refractivity contribution >= 4 is 5.95 Å². The van der Waals surface area contributed by atoms with Gasteiger partial charge < -0.3 is 14.4 Å². The second kappa shape index (κ2) is 9.10. The molecule has 0 radical (unpaired) electrons. The summed E-state index contributed by atoms with van der Waals surface area (Å²) in [6, 6.07) is 5.77. The third kappa shape index (κ3) is 5.14. The maximum atomic E-state index is 5.81. The van der Waals surface area contributed by atoms with Gasteiger partial charge >= 0.3 is 0 Å². The maximum absolute atomic E-state index is 5.81. The molecule has 0 atom stereocenters. The zero-order valence-electron chi connectivity index (χ0n) is 15.7. The summed E-state index contributed by atoms with van der Waals surface area (Å²) in [4.78, 5) is 18.0. The first-order chi connectivity index (χ1) is 13.4. The summed E-state index contributed by atoms with van der Waals surface area (Å²) in [7, 11) is 0. The fourth-order valence-electron chi connectivity index (χ4n) is 3.56. The molecule has 0 aromatic carbocycles. The summed E-state index contributed by atoms with van der Waals surface area (Å²) in [5, 5.41) is 0. The third-order valence-electron chi connectivity index (χ3n) is 5.20. The molecule has 2 fully saturated rings. The summed E-state index contributed by atoms with van der Waals surface area (Å²) in [6.07, 6.45) is 8.01. The van der Waals surface area contributed by atoms with Gasteiger partial charge in [0, 0.05) is 49.9 Å². The monoisotopic (exact) mass is 369 g/mol. The van der Waals surface area contributed by atoms with E-state index in [0.717, 1.165) is 77.2 Å². The van der Waals surface area contributed by atoms with E-state index >= 15 is 0 Å². The first kappa shape index (κ1) is 18.1. The van der Waals surface area contributed by atoms with Crippen molar-refractivity contribution in [1.82, 2.24) is 19.9 Å². The number of piperidine rings is 1. The molecule has 2 aromatic heterocycles. The van der Waals surface area contributed by atoms with Gasteiger partial charge in [-0.2, -0.15) is 0 Å². The van der Waals surface area contributed by atoms with Crippen molar-refractivity contribution in [1.29, 1.82) is 0 Å². The normalized spacial score (nSPS) is 19.2. The Balaban J connectivity index is 1.21. The fraction of sp³-hybridized carbons (Fsp3) is 0.550. The molecule has 2 aliphatic heterocycles. The summed E-state index contributed by atoms with van der Waals surface area (Å²) in [6.45, 7) is 7.08. The number of hydrogen-bond acceptors (Lipinski definition) is 7. The number of likely N-dealkylation sites (tertiary alicyclic amines) is 1. The summed E-state index contributed by atoms with van der Waals surface area (Å²) < 4.78 is 11.2. The number of nitrogens with zero attached hydrogens (tertiary/aromatic N) is 5. The van der Waals surface area contributed by atoms with E-state index in [1.165, 1.54) is 5.56 Å². The van der Waals surface area contributed by atoms with Crippen LogP contribution in [0.5, 0.6) is 5.88 Å². The molecule has 2 aliphatic rings. The number of morpholine rings is 1. The van der Waals surface area contributed by atoms with Gasteiger partial charge in [0.1, 0.15) is 0 Å².